The average Bonchev–Trinajstić information content (AvgIpc) is 2.13. The van der Waals surface area contributed by atoms with Crippen LogP contribution in [-0.2, 0) is 4.79 Å². The maximum atomic E-state index is 10.8. The smallest absolute Gasteiger partial charge is 0.303 e. The van der Waals surface area contributed by atoms with Gasteiger partial charge >= 0.3 is 5.97 Å². The summed E-state index contributed by atoms with van der Waals surface area (Å²) in [6, 6.07) is 0. The van der Waals surface area contributed by atoms with Crippen molar-refractivity contribution < 1.29 is 9.90 Å². The fourth-order valence-corrected chi connectivity index (χ4v) is 2.70. The van der Waals surface area contributed by atoms with E-state index in [0.717, 1.165) is 12.8 Å². The summed E-state index contributed by atoms with van der Waals surface area (Å²) in [7, 11) is 0. The highest BCUT2D eigenvalue weighted by molar-refractivity contribution is 5.67. The fraction of sp³-hybridized carbons (Fsp3) is 0.769. The first-order valence-electron chi connectivity index (χ1n) is 5.89. The lowest BCUT2D eigenvalue weighted by Gasteiger charge is -2.33. The Morgan fingerprint density at radius 2 is 2.27 bits per heavy atom. The number of hydrogen-bond donors (Lipinski definition) is 1. The van der Waals surface area contributed by atoms with Crippen molar-refractivity contribution in [2.24, 2.45) is 17.8 Å². The number of carboxylic acids is 1. The van der Waals surface area contributed by atoms with Crippen LogP contribution >= 0.6 is 0 Å². The highest BCUT2D eigenvalue weighted by atomic mass is 16.4. The summed E-state index contributed by atoms with van der Waals surface area (Å²) in [4.78, 5) is 10.8. The van der Waals surface area contributed by atoms with Crippen LogP contribution in [-0.4, -0.2) is 11.1 Å². The number of allylic oxidation sites excluding steroid dienone is 1. The normalized spacial score (nSPS) is 24.2. The van der Waals surface area contributed by atoms with Gasteiger partial charge in [0.15, 0.2) is 0 Å². The minimum Gasteiger partial charge on any atom is -0.481 e. The molecule has 15 heavy (non-hydrogen) atoms. The average molecular weight is 210 g/mol. The van der Waals surface area contributed by atoms with Gasteiger partial charge in [-0.1, -0.05) is 26.0 Å². The first-order chi connectivity index (χ1) is 7.00. The third-order valence-electron chi connectivity index (χ3n) is 3.53. The Bertz CT molecular complexity index is 243. The lowest BCUT2D eigenvalue weighted by molar-refractivity contribution is -0.139. The summed E-state index contributed by atoms with van der Waals surface area (Å²) in [5, 5.41) is 8.91. The third-order valence-corrected chi connectivity index (χ3v) is 3.53. The standard InChI is InChI=1S/C13H22O2/c1-9(2)12(8-13(14)15)11-6-4-5-10(3)7-11/h9,11-12H,3-8H2,1-2H3,(H,14,15). The highest BCUT2D eigenvalue weighted by Crippen LogP contribution is 2.37. The molecular weight excluding hydrogens is 188 g/mol. The Morgan fingerprint density at radius 3 is 2.73 bits per heavy atom. The van der Waals surface area contributed by atoms with Crippen LogP contribution in [0.15, 0.2) is 12.2 Å². The number of aliphatic carboxylic acids is 1. The second kappa shape index (κ2) is 5.34. The molecule has 0 spiro atoms. The van der Waals surface area contributed by atoms with E-state index >= 15 is 0 Å². The molecule has 0 radical (unpaired) electrons. The second-order valence-corrected chi connectivity index (χ2v) is 5.11. The number of carboxylic acid groups (broad SMARTS) is 1. The number of carbonyl (C=O) groups is 1. The minimum absolute atomic E-state index is 0.315. The number of hydrogen-bond acceptors (Lipinski definition) is 1. The largest absolute Gasteiger partial charge is 0.481 e. The zero-order valence-electron chi connectivity index (χ0n) is 9.83. The topological polar surface area (TPSA) is 37.3 Å². The Hall–Kier alpha value is -0.790. The highest BCUT2D eigenvalue weighted by Gasteiger charge is 2.28. The molecule has 86 valence electrons. The van der Waals surface area contributed by atoms with Gasteiger partial charge in [-0.3, -0.25) is 4.79 Å². The van der Waals surface area contributed by atoms with Crippen molar-refractivity contribution in [2.45, 2.75) is 46.0 Å². The summed E-state index contributed by atoms with van der Waals surface area (Å²) in [6.45, 7) is 8.30. The van der Waals surface area contributed by atoms with E-state index in [9.17, 15) is 4.79 Å². The fourth-order valence-electron chi connectivity index (χ4n) is 2.70. The van der Waals surface area contributed by atoms with Crippen LogP contribution in [0.2, 0.25) is 0 Å². The molecule has 1 aliphatic carbocycles. The van der Waals surface area contributed by atoms with Gasteiger partial charge in [0.05, 0.1) is 0 Å². The molecule has 1 saturated carbocycles. The molecule has 0 aromatic carbocycles. The third kappa shape index (κ3) is 3.69. The molecule has 2 atom stereocenters. The van der Waals surface area contributed by atoms with Gasteiger partial charge < -0.3 is 5.11 Å². The lowest BCUT2D eigenvalue weighted by Crippen LogP contribution is -2.25. The molecule has 2 nitrogen and oxygen atoms in total. The molecule has 2 unspecified atom stereocenters. The van der Waals surface area contributed by atoms with E-state index in [4.69, 9.17) is 5.11 Å². The molecule has 1 N–H and O–H groups in total. The predicted octanol–water partition coefficient (Wildman–Crippen LogP) is 3.48. The van der Waals surface area contributed by atoms with Crippen molar-refractivity contribution in [3.63, 3.8) is 0 Å². The molecule has 0 aliphatic heterocycles. The molecule has 2 heteroatoms. The summed E-state index contributed by atoms with van der Waals surface area (Å²) in [6.07, 6.45) is 4.85. The van der Waals surface area contributed by atoms with Crippen LogP contribution < -0.4 is 0 Å². The van der Waals surface area contributed by atoms with E-state index in [0.29, 0.717) is 24.2 Å². The van der Waals surface area contributed by atoms with Gasteiger partial charge in [-0.05, 0) is 43.4 Å². The van der Waals surface area contributed by atoms with E-state index < -0.39 is 5.97 Å². The maximum Gasteiger partial charge on any atom is 0.303 e. The zero-order valence-corrected chi connectivity index (χ0v) is 9.83. The molecular formula is C13H22O2. The van der Waals surface area contributed by atoms with Crippen molar-refractivity contribution in [2.75, 3.05) is 0 Å². The van der Waals surface area contributed by atoms with Gasteiger partial charge in [-0.15, -0.1) is 0 Å². The molecule has 0 bridgehead atoms. The van der Waals surface area contributed by atoms with Crippen molar-refractivity contribution in [1.29, 1.82) is 0 Å². The van der Waals surface area contributed by atoms with Gasteiger partial charge in [0, 0.05) is 6.42 Å². The lowest BCUT2D eigenvalue weighted by atomic mass is 9.72. The van der Waals surface area contributed by atoms with Crippen molar-refractivity contribution in [1.82, 2.24) is 0 Å². The Morgan fingerprint density at radius 1 is 1.60 bits per heavy atom. The van der Waals surface area contributed by atoms with Crippen LogP contribution in [0.1, 0.15) is 46.0 Å². The van der Waals surface area contributed by atoms with Gasteiger partial charge in [-0.2, -0.15) is 0 Å². The maximum absolute atomic E-state index is 10.8. The van der Waals surface area contributed by atoms with Gasteiger partial charge in [0.2, 0.25) is 0 Å². The van der Waals surface area contributed by atoms with Crippen LogP contribution in [0.25, 0.3) is 0 Å². The monoisotopic (exact) mass is 210 g/mol. The molecule has 0 amide bonds. The molecule has 1 rings (SSSR count). The Kier molecular flexibility index (Phi) is 4.37. The molecule has 0 saturated heterocycles. The van der Waals surface area contributed by atoms with Gasteiger partial charge in [0.1, 0.15) is 0 Å². The van der Waals surface area contributed by atoms with Crippen LogP contribution in [0.4, 0.5) is 0 Å². The quantitative estimate of drug-likeness (QED) is 0.721. The summed E-state index contributed by atoms with van der Waals surface area (Å²) in [5.41, 5.74) is 1.31. The predicted molar refractivity (Wildman–Crippen MR) is 61.7 cm³/mol. The molecule has 0 aromatic rings. The van der Waals surface area contributed by atoms with Crippen molar-refractivity contribution in [3.05, 3.63) is 12.2 Å². The number of rotatable bonds is 4. The SMILES string of the molecule is C=C1CCCC(C(CC(=O)O)C(C)C)C1. The van der Waals surface area contributed by atoms with E-state index in [2.05, 4.69) is 20.4 Å². The van der Waals surface area contributed by atoms with Crippen molar-refractivity contribution >= 4 is 5.97 Å². The van der Waals surface area contributed by atoms with Gasteiger partial charge in [0.25, 0.3) is 0 Å². The van der Waals surface area contributed by atoms with Gasteiger partial charge in [-0.25, -0.2) is 0 Å². The Labute approximate surface area is 92.4 Å². The second-order valence-electron chi connectivity index (χ2n) is 5.11. The van der Waals surface area contributed by atoms with Crippen LogP contribution in [0, 0.1) is 17.8 Å². The molecule has 1 fully saturated rings. The first-order valence-corrected chi connectivity index (χ1v) is 5.89. The van der Waals surface area contributed by atoms with Crippen LogP contribution in [0.3, 0.4) is 0 Å². The summed E-state index contributed by atoms with van der Waals surface area (Å²) in [5.74, 6) is 0.656. The summed E-state index contributed by atoms with van der Waals surface area (Å²) >= 11 is 0. The van der Waals surface area contributed by atoms with Crippen molar-refractivity contribution in [3.8, 4) is 0 Å². The van der Waals surface area contributed by atoms with E-state index in [1.165, 1.54) is 18.4 Å². The molecule has 1 aliphatic rings. The van der Waals surface area contributed by atoms with E-state index in [1.54, 1.807) is 0 Å². The zero-order chi connectivity index (χ0) is 11.4. The summed E-state index contributed by atoms with van der Waals surface area (Å²) < 4.78 is 0. The first kappa shape index (κ1) is 12.3. The van der Waals surface area contributed by atoms with E-state index in [-0.39, 0.29) is 0 Å². The minimum atomic E-state index is -0.662. The molecule has 0 heterocycles. The van der Waals surface area contributed by atoms with Crippen LogP contribution in [0.5, 0.6) is 0 Å². The van der Waals surface area contributed by atoms with E-state index in [1.807, 2.05) is 0 Å². The Balaban J connectivity index is 2.61. The molecule has 0 aromatic heterocycles.